The Kier molecular flexibility index (Phi) is 6.22. The molecule has 0 saturated heterocycles. The number of benzene rings is 2. The molecule has 2 heterocycles. The Labute approximate surface area is 197 Å². The van der Waals surface area contributed by atoms with Gasteiger partial charge in [0.05, 0.1) is 25.8 Å². The summed E-state index contributed by atoms with van der Waals surface area (Å²) in [6.07, 6.45) is 0. The summed E-state index contributed by atoms with van der Waals surface area (Å²) in [6, 6.07) is 13.9. The number of aryl methyl sites for hydroxylation is 1. The highest BCUT2D eigenvalue weighted by Crippen LogP contribution is 2.33. The molecule has 9 nitrogen and oxygen atoms in total. The van der Waals surface area contributed by atoms with Gasteiger partial charge in [0.2, 0.25) is 0 Å². The van der Waals surface area contributed by atoms with Crippen LogP contribution in [0.1, 0.15) is 15.9 Å². The lowest BCUT2D eigenvalue weighted by molar-refractivity contribution is -0.384. The van der Waals surface area contributed by atoms with Gasteiger partial charge in [-0.05, 0) is 43.3 Å². The third-order valence-electron chi connectivity index (χ3n) is 4.50. The number of carbonyl (C=O) groups excluding carboxylic acids is 1. The van der Waals surface area contributed by atoms with Crippen LogP contribution in [0.2, 0.25) is 0 Å². The van der Waals surface area contributed by atoms with Crippen molar-refractivity contribution in [2.75, 3.05) is 10.0 Å². The number of hydrogen-bond donors (Lipinski definition) is 2. The summed E-state index contributed by atoms with van der Waals surface area (Å²) in [5.74, 6) is -0.416. The second kappa shape index (κ2) is 9.10. The normalized spacial score (nSPS) is 11.2. The quantitative estimate of drug-likeness (QED) is 0.267. The van der Waals surface area contributed by atoms with Gasteiger partial charge in [0.15, 0.2) is 5.13 Å². The summed E-state index contributed by atoms with van der Waals surface area (Å²) in [5.41, 5.74) is 2.12. The van der Waals surface area contributed by atoms with Gasteiger partial charge in [-0.1, -0.05) is 17.7 Å². The van der Waals surface area contributed by atoms with Crippen LogP contribution in [0.25, 0.3) is 10.6 Å². The van der Waals surface area contributed by atoms with Crippen LogP contribution in [0, 0.1) is 17.0 Å². The van der Waals surface area contributed by atoms with Crippen LogP contribution in [0.3, 0.4) is 0 Å². The van der Waals surface area contributed by atoms with Crippen molar-refractivity contribution in [2.24, 2.45) is 0 Å². The maximum absolute atomic E-state index is 12.5. The number of amides is 1. The molecule has 12 heteroatoms. The lowest BCUT2D eigenvalue weighted by atomic mass is 10.2. The fourth-order valence-electron chi connectivity index (χ4n) is 2.79. The molecule has 4 aromatic rings. The number of nitro groups is 1. The number of anilines is 2. The first-order chi connectivity index (χ1) is 15.7. The highest BCUT2D eigenvalue weighted by Gasteiger charge is 2.16. The molecular weight excluding hydrogens is 484 g/mol. The first-order valence-corrected chi connectivity index (χ1v) is 12.7. The SMILES string of the molecule is Cc1ccc(S(=O)(=O)Nc2ccc(C(=O)Nc3nc(-c4cc([N+](=O)[O-])cs4)cs3)cc2)cc1. The van der Waals surface area contributed by atoms with E-state index >= 15 is 0 Å². The number of rotatable bonds is 7. The molecule has 0 radical (unpaired) electrons. The molecule has 0 aliphatic heterocycles. The predicted molar refractivity (Wildman–Crippen MR) is 128 cm³/mol. The van der Waals surface area contributed by atoms with Crippen molar-refractivity contribution in [3.05, 3.63) is 86.6 Å². The molecule has 2 N–H and O–H groups in total. The minimum absolute atomic E-state index is 0.00771. The molecule has 0 unspecified atom stereocenters. The van der Waals surface area contributed by atoms with Gasteiger partial charge in [0.25, 0.3) is 21.6 Å². The lowest BCUT2D eigenvalue weighted by Gasteiger charge is -2.09. The fourth-order valence-corrected chi connectivity index (χ4v) is 5.45. The topological polar surface area (TPSA) is 131 Å². The second-order valence-electron chi connectivity index (χ2n) is 6.91. The predicted octanol–water partition coefficient (Wildman–Crippen LogP) is 5.14. The van der Waals surface area contributed by atoms with E-state index in [2.05, 4.69) is 15.0 Å². The summed E-state index contributed by atoms with van der Waals surface area (Å²) < 4.78 is 27.5. The van der Waals surface area contributed by atoms with Gasteiger partial charge in [0.1, 0.15) is 0 Å². The molecule has 0 spiro atoms. The summed E-state index contributed by atoms with van der Waals surface area (Å²) in [6.45, 7) is 1.87. The number of thiophene rings is 1. The zero-order valence-corrected chi connectivity index (χ0v) is 19.5. The highest BCUT2D eigenvalue weighted by molar-refractivity contribution is 7.92. The number of thiazole rings is 1. The molecule has 1 amide bonds. The van der Waals surface area contributed by atoms with Gasteiger partial charge >= 0.3 is 0 Å². The van der Waals surface area contributed by atoms with Crippen LogP contribution < -0.4 is 10.0 Å². The zero-order valence-electron chi connectivity index (χ0n) is 17.0. The van der Waals surface area contributed by atoms with Crippen molar-refractivity contribution in [3.63, 3.8) is 0 Å². The number of carbonyl (C=O) groups is 1. The molecule has 0 fully saturated rings. The summed E-state index contributed by atoms with van der Waals surface area (Å²) in [5, 5.41) is 17.0. The largest absolute Gasteiger partial charge is 0.298 e. The minimum atomic E-state index is -3.74. The molecule has 2 aromatic heterocycles. The number of hydrogen-bond acceptors (Lipinski definition) is 8. The van der Waals surface area contributed by atoms with Gasteiger partial charge < -0.3 is 0 Å². The van der Waals surface area contributed by atoms with E-state index in [9.17, 15) is 23.3 Å². The lowest BCUT2D eigenvalue weighted by Crippen LogP contribution is -2.14. The van der Waals surface area contributed by atoms with Crippen molar-refractivity contribution < 1.29 is 18.1 Å². The Morgan fingerprint density at radius 3 is 2.36 bits per heavy atom. The van der Waals surface area contributed by atoms with E-state index < -0.39 is 20.9 Å². The van der Waals surface area contributed by atoms with E-state index in [1.807, 2.05) is 6.92 Å². The molecular formula is C21H16N4O5S3. The van der Waals surface area contributed by atoms with E-state index in [0.29, 0.717) is 27.0 Å². The molecule has 4 rings (SSSR count). The molecule has 168 valence electrons. The van der Waals surface area contributed by atoms with Crippen LogP contribution in [-0.2, 0) is 10.0 Å². The average Bonchev–Trinajstić information content (AvgIpc) is 3.44. The van der Waals surface area contributed by atoms with E-state index in [4.69, 9.17) is 0 Å². The van der Waals surface area contributed by atoms with Crippen LogP contribution in [-0.4, -0.2) is 24.2 Å². The van der Waals surface area contributed by atoms with Gasteiger partial charge in [-0.15, -0.1) is 22.7 Å². The molecule has 0 aliphatic rings. The number of nitrogens with one attached hydrogen (secondary N) is 2. The van der Waals surface area contributed by atoms with Crippen molar-refractivity contribution >= 4 is 55.1 Å². The van der Waals surface area contributed by atoms with Crippen LogP contribution in [0.5, 0.6) is 0 Å². The second-order valence-corrected chi connectivity index (χ2v) is 10.4. The van der Waals surface area contributed by atoms with Crippen LogP contribution in [0.15, 0.2) is 70.3 Å². The van der Waals surface area contributed by atoms with Crippen molar-refractivity contribution in [1.29, 1.82) is 0 Å². The van der Waals surface area contributed by atoms with Gasteiger partial charge in [-0.25, -0.2) is 13.4 Å². The first-order valence-electron chi connectivity index (χ1n) is 9.41. The molecule has 0 atom stereocenters. The Balaban J connectivity index is 1.42. The van der Waals surface area contributed by atoms with Crippen molar-refractivity contribution in [2.45, 2.75) is 11.8 Å². The Morgan fingerprint density at radius 2 is 1.73 bits per heavy atom. The van der Waals surface area contributed by atoms with E-state index in [-0.39, 0.29) is 10.6 Å². The Morgan fingerprint density at radius 1 is 1.03 bits per heavy atom. The molecule has 0 aliphatic carbocycles. The zero-order chi connectivity index (χ0) is 23.6. The first kappa shape index (κ1) is 22.6. The molecule has 0 saturated carbocycles. The summed E-state index contributed by atoms with van der Waals surface area (Å²) in [7, 11) is -3.74. The number of aromatic nitrogens is 1. The number of nitrogens with zero attached hydrogens (tertiary/aromatic N) is 2. The minimum Gasteiger partial charge on any atom is -0.298 e. The van der Waals surface area contributed by atoms with Crippen LogP contribution >= 0.6 is 22.7 Å². The third kappa shape index (κ3) is 5.25. The fraction of sp³-hybridized carbons (Fsp3) is 0.0476. The standard InChI is InChI=1S/C21H16N4O5S3/c1-13-2-8-17(9-3-13)33(29,30)24-15-6-4-14(5-7-15)20(26)23-21-22-18(12-32-21)19-10-16(11-31-19)25(27)28/h2-12,24H,1H3,(H,22,23,26). The molecule has 2 aromatic carbocycles. The van der Waals surface area contributed by atoms with E-state index in [1.54, 1.807) is 17.5 Å². The van der Waals surface area contributed by atoms with Gasteiger partial charge in [0, 0.05) is 22.7 Å². The maximum atomic E-state index is 12.5. The summed E-state index contributed by atoms with van der Waals surface area (Å²) in [4.78, 5) is 28.0. The van der Waals surface area contributed by atoms with Gasteiger partial charge in [-0.3, -0.25) is 24.9 Å². The maximum Gasteiger partial charge on any atom is 0.280 e. The number of sulfonamides is 1. The monoisotopic (exact) mass is 500 g/mol. The van der Waals surface area contributed by atoms with Crippen molar-refractivity contribution in [3.8, 4) is 10.6 Å². The molecule has 33 heavy (non-hydrogen) atoms. The molecule has 0 bridgehead atoms. The van der Waals surface area contributed by atoms with Gasteiger partial charge in [-0.2, -0.15) is 0 Å². The Bertz CT molecular complexity index is 1430. The third-order valence-corrected chi connectivity index (χ3v) is 7.60. The Hall–Kier alpha value is -3.61. The highest BCUT2D eigenvalue weighted by atomic mass is 32.2. The average molecular weight is 501 g/mol. The van der Waals surface area contributed by atoms with E-state index in [0.717, 1.165) is 5.56 Å². The van der Waals surface area contributed by atoms with Crippen molar-refractivity contribution in [1.82, 2.24) is 4.98 Å². The summed E-state index contributed by atoms with van der Waals surface area (Å²) >= 11 is 2.40. The smallest absolute Gasteiger partial charge is 0.280 e. The van der Waals surface area contributed by atoms with Crippen LogP contribution in [0.4, 0.5) is 16.5 Å². The van der Waals surface area contributed by atoms with E-state index in [1.165, 1.54) is 70.5 Å².